The summed E-state index contributed by atoms with van der Waals surface area (Å²) in [6.45, 7) is 1.77. The minimum Gasteiger partial charge on any atom is -0.842 e. The number of para-hydroxylation sites is 1. The van der Waals surface area contributed by atoms with E-state index in [2.05, 4.69) is 5.10 Å². The summed E-state index contributed by atoms with van der Waals surface area (Å²) in [7, 11) is 0. The highest BCUT2D eigenvalue weighted by Crippen LogP contribution is 2.12. The van der Waals surface area contributed by atoms with Crippen molar-refractivity contribution in [2.24, 2.45) is 0 Å². The summed E-state index contributed by atoms with van der Waals surface area (Å²) in [5.41, 5.74) is 0.829. The molecule has 0 aliphatic heterocycles. The van der Waals surface area contributed by atoms with Gasteiger partial charge in [-0.25, -0.2) is 9.36 Å². The Morgan fingerprint density at radius 1 is 1.24 bits per heavy atom. The normalized spacial score (nSPS) is 11.0. The smallest absolute Gasteiger partial charge is 0.365 e. The number of benzene rings is 1. The predicted molar refractivity (Wildman–Crippen MR) is 76.8 cm³/mol. The lowest BCUT2D eigenvalue weighted by atomic mass is 10.2. The molecule has 21 heavy (non-hydrogen) atoms. The monoisotopic (exact) mass is 301 g/mol. The molecule has 3 aromatic rings. The first-order valence-corrected chi connectivity index (χ1v) is 6.90. The molecule has 0 aliphatic carbocycles. The summed E-state index contributed by atoms with van der Waals surface area (Å²) in [4.78, 5) is 12.3. The molecule has 0 N–H and O–H groups in total. The second kappa shape index (κ2) is 5.18. The SMILES string of the molecule is CCc1c([O-])[n+](-c2ccccc2)c2ccc(Cl)nn2c1=O. The van der Waals surface area contributed by atoms with Crippen LogP contribution in [0.2, 0.25) is 5.15 Å². The van der Waals surface area contributed by atoms with Crippen molar-refractivity contribution in [1.29, 1.82) is 0 Å². The molecular weight excluding hydrogens is 290 g/mol. The van der Waals surface area contributed by atoms with Gasteiger partial charge in [-0.15, -0.1) is 0 Å². The minimum atomic E-state index is -0.424. The van der Waals surface area contributed by atoms with E-state index in [1.165, 1.54) is 9.08 Å². The molecule has 2 aromatic heterocycles. The Bertz CT molecular complexity index is 875. The third-order valence-corrected chi connectivity index (χ3v) is 3.49. The van der Waals surface area contributed by atoms with Gasteiger partial charge in [-0.2, -0.15) is 0 Å². The van der Waals surface area contributed by atoms with Crippen LogP contribution in [0.25, 0.3) is 11.3 Å². The maximum Gasteiger partial charge on any atom is 0.365 e. The minimum absolute atomic E-state index is 0.186. The second-order valence-electron chi connectivity index (χ2n) is 4.54. The van der Waals surface area contributed by atoms with Crippen molar-refractivity contribution in [2.75, 3.05) is 0 Å². The highest BCUT2D eigenvalue weighted by molar-refractivity contribution is 6.29. The van der Waals surface area contributed by atoms with Crippen LogP contribution in [0.3, 0.4) is 0 Å². The van der Waals surface area contributed by atoms with Gasteiger partial charge in [0, 0.05) is 6.07 Å². The standard InChI is InChI=1S/C15H12ClN3O2/c1-2-11-14(20)18(10-6-4-3-5-7-10)13-9-8-12(16)17-19(13)15(11)21/h3-9H,2H2,1H3. The Kier molecular flexibility index (Phi) is 3.35. The molecule has 0 fully saturated rings. The summed E-state index contributed by atoms with van der Waals surface area (Å²) < 4.78 is 2.65. The number of rotatable bonds is 2. The molecule has 0 aliphatic rings. The van der Waals surface area contributed by atoms with Gasteiger partial charge in [0.05, 0.1) is 11.4 Å². The summed E-state index contributed by atoms with van der Waals surface area (Å²) >= 11 is 5.87. The van der Waals surface area contributed by atoms with Crippen molar-refractivity contribution in [1.82, 2.24) is 9.61 Å². The first-order chi connectivity index (χ1) is 10.1. The first kappa shape index (κ1) is 13.6. The molecule has 2 heterocycles. The predicted octanol–water partition coefficient (Wildman–Crippen LogP) is 1.26. The van der Waals surface area contributed by atoms with Crippen LogP contribution in [-0.4, -0.2) is 9.61 Å². The lowest BCUT2D eigenvalue weighted by Gasteiger charge is -2.15. The lowest BCUT2D eigenvalue weighted by Crippen LogP contribution is -2.43. The van der Waals surface area contributed by atoms with Crippen molar-refractivity contribution >= 4 is 17.2 Å². The molecule has 0 atom stereocenters. The van der Waals surface area contributed by atoms with Crippen molar-refractivity contribution < 1.29 is 9.67 Å². The second-order valence-corrected chi connectivity index (χ2v) is 4.93. The number of fused-ring (bicyclic) bond motifs is 1. The van der Waals surface area contributed by atoms with Crippen LogP contribution in [0.15, 0.2) is 47.3 Å². The van der Waals surface area contributed by atoms with Crippen molar-refractivity contribution in [3.8, 4) is 11.6 Å². The molecule has 6 heteroatoms. The number of hydrogen-bond acceptors (Lipinski definition) is 3. The van der Waals surface area contributed by atoms with Gasteiger partial charge in [-0.05, 0) is 24.6 Å². The highest BCUT2D eigenvalue weighted by atomic mass is 35.5. The first-order valence-electron chi connectivity index (χ1n) is 6.52. The van der Waals surface area contributed by atoms with Gasteiger partial charge in [0.2, 0.25) is 0 Å². The number of halogens is 1. The molecule has 0 bridgehead atoms. The molecule has 0 spiro atoms. The molecule has 1 aromatic carbocycles. The Hall–Kier alpha value is -2.40. The summed E-state index contributed by atoms with van der Waals surface area (Å²) in [6.07, 6.45) is 0.335. The van der Waals surface area contributed by atoms with Gasteiger partial charge in [0.1, 0.15) is 5.69 Å². The quantitative estimate of drug-likeness (QED) is 0.670. The maximum atomic E-state index is 12.6. The largest absolute Gasteiger partial charge is 0.842 e. The fourth-order valence-corrected chi connectivity index (χ4v) is 2.44. The van der Waals surface area contributed by atoms with Gasteiger partial charge in [-0.3, -0.25) is 0 Å². The summed E-state index contributed by atoms with van der Waals surface area (Å²) in [5.74, 6) is -0.321. The topological polar surface area (TPSA) is 61.3 Å². The molecule has 0 saturated heterocycles. The number of nitrogens with zero attached hydrogens (tertiary/aromatic N) is 3. The van der Waals surface area contributed by atoms with E-state index in [0.29, 0.717) is 17.8 Å². The number of hydrogen-bond donors (Lipinski definition) is 0. The Balaban J connectivity index is 2.51. The van der Waals surface area contributed by atoms with E-state index in [4.69, 9.17) is 11.6 Å². The molecule has 3 rings (SSSR count). The zero-order chi connectivity index (χ0) is 15.0. The van der Waals surface area contributed by atoms with Gasteiger partial charge < -0.3 is 5.11 Å². The lowest BCUT2D eigenvalue weighted by molar-refractivity contribution is -0.632. The van der Waals surface area contributed by atoms with Crippen LogP contribution in [0.5, 0.6) is 5.88 Å². The van der Waals surface area contributed by atoms with Gasteiger partial charge >= 0.3 is 11.2 Å². The van der Waals surface area contributed by atoms with Crippen LogP contribution in [0, 0.1) is 0 Å². The van der Waals surface area contributed by atoms with E-state index >= 15 is 0 Å². The Labute approximate surface area is 125 Å². The molecule has 5 nitrogen and oxygen atoms in total. The third-order valence-electron chi connectivity index (χ3n) is 3.29. The molecule has 0 radical (unpaired) electrons. The highest BCUT2D eigenvalue weighted by Gasteiger charge is 2.20. The number of aromatic nitrogens is 3. The molecule has 106 valence electrons. The van der Waals surface area contributed by atoms with Crippen LogP contribution in [0.4, 0.5) is 0 Å². The van der Waals surface area contributed by atoms with Gasteiger partial charge in [-0.1, -0.05) is 46.3 Å². The molecule has 0 unspecified atom stereocenters. The Morgan fingerprint density at radius 3 is 2.62 bits per heavy atom. The van der Waals surface area contributed by atoms with Gasteiger partial charge in [0.25, 0.3) is 0 Å². The van der Waals surface area contributed by atoms with Crippen molar-refractivity contribution in [3.63, 3.8) is 0 Å². The maximum absolute atomic E-state index is 12.6. The average molecular weight is 302 g/mol. The van der Waals surface area contributed by atoms with Crippen LogP contribution >= 0.6 is 11.6 Å². The summed E-state index contributed by atoms with van der Waals surface area (Å²) in [6, 6.07) is 12.3. The summed E-state index contributed by atoms with van der Waals surface area (Å²) in [5, 5.41) is 16.8. The van der Waals surface area contributed by atoms with Crippen molar-refractivity contribution in [3.05, 3.63) is 63.5 Å². The van der Waals surface area contributed by atoms with E-state index in [1.54, 1.807) is 31.2 Å². The zero-order valence-electron chi connectivity index (χ0n) is 11.3. The van der Waals surface area contributed by atoms with E-state index in [0.717, 1.165) is 0 Å². The van der Waals surface area contributed by atoms with E-state index < -0.39 is 5.56 Å². The van der Waals surface area contributed by atoms with Crippen molar-refractivity contribution in [2.45, 2.75) is 13.3 Å². The van der Waals surface area contributed by atoms with E-state index in [1.807, 2.05) is 18.2 Å². The third kappa shape index (κ3) is 2.15. The van der Waals surface area contributed by atoms with Crippen LogP contribution in [-0.2, 0) is 6.42 Å². The van der Waals surface area contributed by atoms with E-state index in [-0.39, 0.29) is 16.6 Å². The van der Waals surface area contributed by atoms with Crippen LogP contribution in [0.1, 0.15) is 12.5 Å². The van der Waals surface area contributed by atoms with Crippen LogP contribution < -0.4 is 15.2 Å². The Morgan fingerprint density at radius 2 is 1.95 bits per heavy atom. The average Bonchev–Trinajstić information content (AvgIpc) is 2.50. The van der Waals surface area contributed by atoms with E-state index in [9.17, 15) is 9.90 Å². The molecule has 0 amide bonds. The molecule has 0 saturated carbocycles. The fourth-order valence-electron chi connectivity index (χ4n) is 2.30. The fraction of sp³-hybridized carbons (Fsp3) is 0.133. The van der Waals surface area contributed by atoms with Gasteiger partial charge in [0.15, 0.2) is 5.15 Å². The molecular formula is C15H12ClN3O2. The zero-order valence-corrected chi connectivity index (χ0v) is 12.0.